The molecule has 0 saturated carbocycles. The lowest BCUT2D eigenvalue weighted by molar-refractivity contribution is -0.871. The minimum absolute atomic E-state index is 0.139. The number of quaternary nitrogens is 2. The third kappa shape index (κ3) is 13.9. The molecule has 6 rings (SSSR count). The number of nitrogens with zero attached hydrogens (tertiary/aromatic N) is 4. The molecule has 3 N–H and O–H groups in total. The maximum atomic E-state index is 12.4. The second-order valence-electron chi connectivity index (χ2n) is 23.2. The number of hydrogen-bond acceptors (Lipinski definition) is 8. The molecule has 1 aliphatic carbocycles. The van der Waals surface area contributed by atoms with Crippen LogP contribution in [0.4, 0.5) is 16.2 Å². The Kier molecular flexibility index (Phi) is 16.2. The van der Waals surface area contributed by atoms with E-state index in [4.69, 9.17) is 9.47 Å². The summed E-state index contributed by atoms with van der Waals surface area (Å²) < 4.78 is 85.9. The molecule has 71 heavy (non-hydrogen) atoms. The molecule has 0 atom stereocenters. The number of ether oxygens (including phenoxy) is 2. The van der Waals surface area contributed by atoms with Crippen molar-refractivity contribution < 1.29 is 53.8 Å². The Bertz CT molecular complexity index is 2890. The largest absolute Gasteiger partial charge is 0.457 e. The van der Waals surface area contributed by atoms with Gasteiger partial charge in [-0.2, -0.15) is 21.4 Å². The molecule has 0 bridgehead atoms. The first-order chi connectivity index (χ1) is 32.7. The Balaban J connectivity index is 1.45. The summed E-state index contributed by atoms with van der Waals surface area (Å²) in [6.07, 6.45) is 12.8. The molecule has 14 nitrogen and oxygen atoms in total. The number of benzene rings is 3. The van der Waals surface area contributed by atoms with Crippen molar-refractivity contribution in [3.05, 3.63) is 124 Å². The molecule has 3 aliphatic rings. The van der Waals surface area contributed by atoms with Crippen LogP contribution in [-0.4, -0.2) is 132 Å². The molecule has 0 unspecified atom stereocenters. The van der Waals surface area contributed by atoms with Crippen LogP contribution in [0.5, 0.6) is 5.75 Å². The number of nitrogens with one attached hydrogen (secondary N) is 1. The molecule has 0 spiro atoms. The highest BCUT2D eigenvalue weighted by Crippen LogP contribution is 2.49. The molecule has 16 heteroatoms. The van der Waals surface area contributed by atoms with Gasteiger partial charge in [0.25, 0.3) is 20.2 Å². The summed E-state index contributed by atoms with van der Waals surface area (Å²) in [6, 6.07) is 17.6. The number of alkyl carbamates (subject to hydrolysis) is 1. The molecule has 386 valence electrons. The number of anilines is 1. The zero-order valence-electron chi connectivity index (χ0n) is 44.2. The van der Waals surface area contributed by atoms with Crippen LogP contribution in [0.1, 0.15) is 97.3 Å². The maximum absolute atomic E-state index is 12.4. The molecule has 2 heterocycles. The molecular weight excluding hydrogens is 939 g/mol. The molecule has 0 aromatic heterocycles. The number of fused-ring (bicyclic) bond motifs is 2. The number of hydrogen-bond donors (Lipinski definition) is 3. The summed E-state index contributed by atoms with van der Waals surface area (Å²) in [7, 11) is 4.11. The predicted octanol–water partition coefficient (Wildman–Crippen LogP) is 9.50. The zero-order valence-corrected chi connectivity index (χ0v) is 45.9. The average Bonchev–Trinajstić information content (AvgIpc) is 3.58. The fourth-order valence-corrected chi connectivity index (χ4v) is 10.7. The third-order valence-electron chi connectivity index (χ3n) is 13.3. The number of carbonyl (C=O) groups excluding carboxylic acids is 1. The molecule has 0 radical (unpaired) electrons. The lowest BCUT2D eigenvalue weighted by Gasteiger charge is -2.29. The van der Waals surface area contributed by atoms with Crippen molar-refractivity contribution in [2.24, 2.45) is 0 Å². The smallest absolute Gasteiger partial charge is 0.407 e. The minimum atomic E-state index is -4.44. The van der Waals surface area contributed by atoms with Crippen LogP contribution in [0.3, 0.4) is 0 Å². The van der Waals surface area contributed by atoms with Crippen LogP contribution in [0.2, 0.25) is 0 Å². The highest BCUT2D eigenvalue weighted by atomic mass is 32.2. The van der Waals surface area contributed by atoms with E-state index >= 15 is 0 Å². The van der Waals surface area contributed by atoms with Gasteiger partial charge in [-0.3, -0.25) is 9.11 Å². The molecule has 3 aromatic carbocycles. The third-order valence-corrected chi connectivity index (χ3v) is 15.0. The van der Waals surface area contributed by atoms with Crippen LogP contribution in [0.15, 0.2) is 117 Å². The van der Waals surface area contributed by atoms with Crippen LogP contribution < -0.4 is 15.0 Å². The van der Waals surface area contributed by atoms with Crippen molar-refractivity contribution >= 4 is 43.4 Å². The van der Waals surface area contributed by atoms with E-state index < -0.39 is 42.8 Å². The standard InChI is InChI=1S/C55H75N5O9S2/c1-53(2,3)69-52(61)56-32-31-39-19-23-42(24-20-39)68-51-40(21-29-49-54(4,5)45-37-43(70(62,63)64)25-27-47(45)57(49)33-15-35-59(8,9)10)17-14-18-41(51)22-30-50-55(6,7)46-38-44(71(65,66)67)26-28-48(46)58(50)34-16-36-60(11,12)13/h19-30,37-38H,14-18,31-36H2,1-13H3/p+3. The highest BCUT2D eigenvalue weighted by molar-refractivity contribution is 7.86. The second kappa shape index (κ2) is 20.8. The van der Waals surface area contributed by atoms with E-state index in [2.05, 4.69) is 109 Å². The van der Waals surface area contributed by atoms with Crippen LogP contribution in [-0.2, 0) is 42.2 Å². The molecular formula is C55H78N5O9S2+3. The zero-order chi connectivity index (χ0) is 52.5. The van der Waals surface area contributed by atoms with Crippen molar-refractivity contribution in [3.63, 3.8) is 0 Å². The SMILES string of the molecule is CC(C)(C)OC(=O)NCCc1ccc(OC2=C(/C=C/C3=[N+](CCC[N+](C)(C)C)c4ccc(S(=O)(=O)O)cc4C3(C)C)CCC/C2=C\C=C2\N(CCC[N+](C)(C)C)c3ccc(S(=O)(=O)O)cc3C2(C)C)cc1. The van der Waals surface area contributed by atoms with Gasteiger partial charge in [-0.25, -0.2) is 4.79 Å². The van der Waals surface area contributed by atoms with E-state index in [1.165, 1.54) is 12.1 Å². The van der Waals surface area contributed by atoms with Gasteiger partial charge in [-0.05, 0) is 137 Å². The summed E-state index contributed by atoms with van der Waals surface area (Å²) in [6.45, 7) is 17.5. The van der Waals surface area contributed by atoms with E-state index in [1.807, 2.05) is 45.0 Å². The molecule has 1 amide bonds. The topological polar surface area (TPSA) is 163 Å². The summed E-state index contributed by atoms with van der Waals surface area (Å²) >= 11 is 0. The Labute approximate surface area is 423 Å². The van der Waals surface area contributed by atoms with E-state index in [0.29, 0.717) is 31.8 Å². The lowest BCUT2D eigenvalue weighted by atomic mass is 9.81. The van der Waals surface area contributed by atoms with Crippen LogP contribution in [0.25, 0.3) is 0 Å². The first-order valence-corrected chi connectivity index (χ1v) is 27.5. The van der Waals surface area contributed by atoms with Crippen molar-refractivity contribution in [2.75, 3.05) is 79.9 Å². The number of amides is 1. The number of carbonyl (C=O) groups is 1. The Morgan fingerprint density at radius 3 is 2.00 bits per heavy atom. The van der Waals surface area contributed by atoms with E-state index in [9.17, 15) is 30.7 Å². The normalized spacial score (nSPS) is 18.4. The van der Waals surface area contributed by atoms with Crippen molar-refractivity contribution in [1.29, 1.82) is 0 Å². The van der Waals surface area contributed by atoms with Gasteiger partial charge in [0.2, 0.25) is 5.69 Å². The second-order valence-corrected chi connectivity index (χ2v) is 26.0. The molecule has 0 saturated heterocycles. The average molecular weight is 1020 g/mol. The fourth-order valence-electron chi connectivity index (χ4n) is 9.69. The first-order valence-electron chi connectivity index (χ1n) is 24.6. The van der Waals surface area contributed by atoms with Gasteiger partial charge in [0.15, 0.2) is 12.3 Å². The molecule has 2 aliphatic heterocycles. The van der Waals surface area contributed by atoms with Crippen molar-refractivity contribution in [1.82, 2.24) is 5.32 Å². The van der Waals surface area contributed by atoms with E-state index in [1.54, 1.807) is 24.3 Å². The summed E-state index contributed by atoms with van der Waals surface area (Å²) in [5.41, 5.74) is 6.58. The summed E-state index contributed by atoms with van der Waals surface area (Å²) in [5, 5.41) is 2.83. The highest BCUT2D eigenvalue weighted by Gasteiger charge is 2.45. The van der Waals surface area contributed by atoms with Gasteiger partial charge < -0.3 is 28.7 Å². The number of rotatable bonds is 18. The Hall–Kier alpha value is -5.10. The monoisotopic (exact) mass is 1020 g/mol. The number of allylic oxidation sites excluding steroid dienone is 7. The van der Waals surface area contributed by atoms with Crippen LogP contribution in [0, 0.1) is 0 Å². The van der Waals surface area contributed by atoms with Gasteiger partial charge in [0.05, 0.1) is 77.0 Å². The molecule has 0 fully saturated rings. The first kappa shape index (κ1) is 55.2. The van der Waals surface area contributed by atoms with E-state index in [-0.39, 0.29) is 9.79 Å². The van der Waals surface area contributed by atoms with Crippen molar-refractivity contribution in [3.8, 4) is 5.75 Å². The predicted molar refractivity (Wildman–Crippen MR) is 282 cm³/mol. The van der Waals surface area contributed by atoms with Gasteiger partial charge in [-0.15, -0.1) is 0 Å². The van der Waals surface area contributed by atoms with E-state index in [0.717, 1.165) is 111 Å². The van der Waals surface area contributed by atoms with Gasteiger partial charge in [0, 0.05) is 54.0 Å². The summed E-state index contributed by atoms with van der Waals surface area (Å²) in [5.74, 6) is 1.37. The fraction of sp³-hybridized carbons (Fsp3) is 0.491. The lowest BCUT2D eigenvalue weighted by Crippen LogP contribution is -2.37. The minimum Gasteiger partial charge on any atom is -0.457 e. The van der Waals surface area contributed by atoms with Crippen molar-refractivity contribution in [2.45, 2.75) is 113 Å². The Morgan fingerprint density at radius 1 is 0.789 bits per heavy atom. The van der Waals surface area contributed by atoms with Crippen LogP contribution >= 0.6 is 0 Å². The van der Waals surface area contributed by atoms with Gasteiger partial charge >= 0.3 is 6.09 Å². The van der Waals surface area contributed by atoms with Gasteiger partial charge in [0.1, 0.15) is 17.1 Å². The van der Waals surface area contributed by atoms with Gasteiger partial charge in [-0.1, -0.05) is 32.1 Å². The molecule has 3 aromatic rings. The Morgan fingerprint density at radius 2 is 1.39 bits per heavy atom. The summed E-state index contributed by atoms with van der Waals surface area (Å²) in [4.78, 5) is 14.3. The quantitative estimate of drug-likeness (QED) is 0.0636. The maximum Gasteiger partial charge on any atom is 0.407 e.